The third-order valence-corrected chi connectivity index (χ3v) is 2.35. The van der Waals surface area contributed by atoms with E-state index in [1.54, 1.807) is 7.05 Å². The minimum absolute atomic E-state index is 0.197. The molecule has 0 radical (unpaired) electrons. The molecule has 1 saturated heterocycles. The fraction of sp³-hybridized carbons (Fsp3) is 1.00. The second-order valence-corrected chi connectivity index (χ2v) is 3.32. The molecule has 0 unspecified atom stereocenters. The van der Waals surface area contributed by atoms with E-state index in [9.17, 15) is 8.78 Å². The van der Waals surface area contributed by atoms with Gasteiger partial charge >= 0.3 is 0 Å². The number of nitrogens with one attached hydrogen (secondary N) is 2. The first kappa shape index (κ1) is 9.86. The third-order valence-electron chi connectivity index (χ3n) is 2.35. The Bertz CT molecular complexity index is 133. The van der Waals surface area contributed by atoms with Crippen LogP contribution in [0, 0.1) is 5.92 Å². The second kappa shape index (κ2) is 4.14. The van der Waals surface area contributed by atoms with Crippen LogP contribution in [0.1, 0.15) is 12.8 Å². The van der Waals surface area contributed by atoms with Crippen LogP contribution in [0.25, 0.3) is 0 Å². The summed E-state index contributed by atoms with van der Waals surface area (Å²) < 4.78 is 26.4. The first-order valence-corrected chi connectivity index (χ1v) is 4.40. The van der Waals surface area contributed by atoms with E-state index in [2.05, 4.69) is 10.6 Å². The normalized spacial score (nSPS) is 21.2. The molecular weight excluding hydrogens is 162 g/mol. The molecule has 72 valence electrons. The van der Waals surface area contributed by atoms with Gasteiger partial charge in [-0.1, -0.05) is 0 Å². The highest BCUT2D eigenvalue weighted by Crippen LogP contribution is 2.30. The average Bonchev–Trinajstić information content (AvgIpc) is 2.06. The Balaban J connectivity index is 2.41. The van der Waals surface area contributed by atoms with Gasteiger partial charge in [-0.2, -0.15) is 0 Å². The molecule has 0 aromatic carbocycles. The number of hydrogen-bond acceptors (Lipinski definition) is 2. The minimum atomic E-state index is -2.53. The molecule has 0 bridgehead atoms. The molecule has 0 saturated carbocycles. The van der Waals surface area contributed by atoms with E-state index >= 15 is 0 Å². The van der Waals surface area contributed by atoms with E-state index < -0.39 is 11.8 Å². The van der Waals surface area contributed by atoms with Crippen LogP contribution in [0.4, 0.5) is 8.78 Å². The summed E-state index contributed by atoms with van der Waals surface area (Å²) in [4.78, 5) is 0. The second-order valence-electron chi connectivity index (χ2n) is 3.32. The van der Waals surface area contributed by atoms with E-state index in [1.165, 1.54) is 0 Å². The molecule has 0 aromatic heterocycles. The first-order valence-electron chi connectivity index (χ1n) is 4.40. The lowest BCUT2D eigenvalue weighted by atomic mass is 9.91. The molecule has 1 fully saturated rings. The Morgan fingerprint density at radius 2 is 2.00 bits per heavy atom. The summed E-state index contributed by atoms with van der Waals surface area (Å²) in [6.07, 6.45) is 1.18. The molecule has 0 spiro atoms. The SMILES string of the molecule is CNCC(F)(F)C1CCNCC1. The predicted octanol–water partition coefficient (Wildman–Crippen LogP) is 0.841. The standard InChI is InChI=1S/C8H16F2N2/c1-11-6-8(9,10)7-2-4-12-5-3-7/h7,11-12H,2-6H2,1H3. The summed E-state index contributed by atoms with van der Waals surface area (Å²) in [5, 5.41) is 5.61. The molecule has 12 heavy (non-hydrogen) atoms. The van der Waals surface area contributed by atoms with Gasteiger partial charge in [-0.3, -0.25) is 0 Å². The fourth-order valence-corrected chi connectivity index (χ4v) is 1.62. The van der Waals surface area contributed by atoms with Crippen molar-refractivity contribution in [2.24, 2.45) is 5.92 Å². The van der Waals surface area contributed by atoms with Gasteiger partial charge in [0.25, 0.3) is 5.92 Å². The average molecular weight is 178 g/mol. The van der Waals surface area contributed by atoms with Gasteiger partial charge in [0.15, 0.2) is 0 Å². The quantitative estimate of drug-likeness (QED) is 0.669. The van der Waals surface area contributed by atoms with Gasteiger partial charge in [0, 0.05) is 5.92 Å². The Kier molecular flexibility index (Phi) is 3.40. The highest BCUT2D eigenvalue weighted by molar-refractivity contribution is 4.82. The van der Waals surface area contributed by atoms with Crippen LogP contribution >= 0.6 is 0 Å². The van der Waals surface area contributed by atoms with Crippen LogP contribution in [0.2, 0.25) is 0 Å². The molecule has 1 heterocycles. The lowest BCUT2D eigenvalue weighted by molar-refractivity contribution is -0.0646. The lowest BCUT2D eigenvalue weighted by Gasteiger charge is -2.30. The molecule has 0 aliphatic carbocycles. The highest BCUT2D eigenvalue weighted by Gasteiger charge is 2.38. The van der Waals surface area contributed by atoms with Crippen LogP contribution in [0.5, 0.6) is 0 Å². The molecule has 1 aliphatic heterocycles. The molecular formula is C8H16F2N2. The molecule has 2 nitrogen and oxygen atoms in total. The molecule has 0 aromatic rings. The summed E-state index contributed by atoms with van der Waals surface area (Å²) in [6.45, 7) is 1.26. The molecule has 4 heteroatoms. The van der Waals surface area contributed by atoms with Gasteiger partial charge in [-0.25, -0.2) is 8.78 Å². The molecule has 0 amide bonds. The van der Waals surface area contributed by atoms with Crippen molar-refractivity contribution < 1.29 is 8.78 Å². The minimum Gasteiger partial charge on any atom is -0.317 e. The summed E-state index contributed by atoms with van der Waals surface area (Å²) in [5.41, 5.74) is 0. The van der Waals surface area contributed by atoms with Crippen LogP contribution in [-0.4, -0.2) is 32.6 Å². The van der Waals surface area contributed by atoms with Gasteiger partial charge in [-0.15, -0.1) is 0 Å². The monoisotopic (exact) mass is 178 g/mol. The maximum atomic E-state index is 13.2. The molecule has 0 atom stereocenters. The van der Waals surface area contributed by atoms with Crippen molar-refractivity contribution in [2.45, 2.75) is 18.8 Å². The molecule has 1 aliphatic rings. The summed E-state index contributed by atoms with van der Waals surface area (Å²) >= 11 is 0. The van der Waals surface area contributed by atoms with E-state index in [0.29, 0.717) is 12.8 Å². The Hall–Kier alpha value is -0.220. The van der Waals surface area contributed by atoms with Gasteiger partial charge in [0.1, 0.15) is 0 Å². The van der Waals surface area contributed by atoms with Gasteiger partial charge in [0.2, 0.25) is 0 Å². The zero-order chi connectivity index (χ0) is 9.03. The summed E-state index contributed by atoms with van der Waals surface area (Å²) in [6, 6.07) is 0. The van der Waals surface area contributed by atoms with E-state index in [1.807, 2.05) is 0 Å². The van der Waals surface area contributed by atoms with Crippen molar-refractivity contribution in [1.82, 2.24) is 10.6 Å². The zero-order valence-corrected chi connectivity index (χ0v) is 7.37. The van der Waals surface area contributed by atoms with E-state index in [4.69, 9.17) is 0 Å². The topological polar surface area (TPSA) is 24.1 Å². The van der Waals surface area contributed by atoms with E-state index in [0.717, 1.165) is 13.1 Å². The maximum absolute atomic E-state index is 13.2. The van der Waals surface area contributed by atoms with Gasteiger partial charge in [-0.05, 0) is 33.0 Å². The third kappa shape index (κ3) is 2.38. The summed E-state index contributed by atoms with van der Waals surface area (Å²) in [7, 11) is 1.56. The lowest BCUT2D eigenvalue weighted by Crippen LogP contribution is -2.43. The Morgan fingerprint density at radius 1 is 1.42 bits per heavy atom. The van der Waals surface area contributed by atoms with Crippen molar-refractivity contribution in [3.05, 3.63) is 0 Å². The van der Waals surface area contributed by atoms with Crippen molar-refractivity contribution >= 4 is 0 Å². The smallest absolute Gasteiger partial charge is 0.263 e. The van der Waals surface area contributed by atoms with Crippen molar-refractivity contribution in [1.29, 1.82) is 0 Å². The predicted molar refractivity (Wildman–Crippen MR) is 44.5 cm³/mol. The first-order chi connectivity index (χ1) is 5.67. The zero-order valence-electron chi connectivity index (χ0n) is 7.37. The van der Waals surface area contributed by atoms with Crippen LogP contribution in [0.3, 0.4) is 0 Å². The number of alkyl halides is 2. The van der Waals surface area contributed by atoms with Crippen molar-refractivity contribution in [3.63, 3.8) is 0 Å². The largest absolute Gasteiger partial charge is 0.317 e. The number of hydrogen-bond donors (Lipinski definition) is 2. The molecule has 2 N–H and O–H groups in total. The van der Waals surface area contributed by atoms with E-state index in [-0.39, 0.29) is 6.54 Å². The van der Waals surface area contributed by atoms with Gasteiger partial charge < -0.3 is 10.6 Å². The highest BCUT2D eigenvalue weighted by atomic mass is 19.3. The number of halogens is 2. The van der Waals surface area contributed by atoms with Crippen LogP contribution in [-0.2, 0) is 0 Å². The summed E-state index contributed by atoms with van der Waals surface area (Å²) in [5.74, 6) is -2.97. The van der Waals surface area contributed by atoms with Crippen LogP contribution in [0.15, 0.2) is 0 Å². The number of piperidine rings is 1. The van der Waals surface area contributed by atoms with Gasteiger partial charge in [0.05, 0.1) is 6.54 Å². The maximum Gasteiger partial charge on any atom is 0.263 e. The van der Waals surface area contributed by atoms with Crippen molar-refractivity contribution in [3.8, 4) is 0 Å². The van der Waals surface area contributed by atoms with Crippen LogP contribution < -0.4 is 10.6 Å². The Morgan fingerprint density at radius 3 is 2.50 bits per heavy atom. The Labute approximate surface area is 71.7 Å². The fourth-order valence-electron chi connectivity index (χ4n) is 1.62. The molecule has 1 rings (SSSR count). The number of rotatable bonds is 3. The van der Waals surface area contributed by atoms with Crippen molar-refractivity contribution in [2.75, 3.05) is 26.7 Å².